The molecule has 2 aromatic heterocycles. The van der Waals surface area contributed by atoms with Crippen LogP contribution in [0.2, 0.25) is 0 Å². The minimum Gasteiger partial charge on any atom is -0.497 e. The van der Waals surface area contributed by atoms with Gasteiger partial charge < -0.3 is 14.8 Å². The summed E-state index contributed by atoms with van der Waals surface area (Å²) in [5, 5.41) is 8.51. The maximum Gasteiger partial charge on any atom is 0.226 e. The van der Waals surface area contributed by atoms with Gasteiger partial charge in [0.05, 0.1) is 29.6 Å². The molecular weight excluding hydrogens is 424 g/mol. The quantitative estimate of drug-likeness (QED) is 0.446. The van der Waals surface area contributed by atoms with Crippen molar-refractivity contribution in [2.75, 3.05) is 19.0 Å². The molecule has 164 valence electrons. The molecule has 0 unspecified atom stereocenters. The molecule has 3 heterocycles. The lowest BCUT2D eigenvalue weighted by Crippen LogP contribution is -2.25. The number of methoxy groups -OCH3 is 1. The average Bonchev–Trinajstić information content (AvgIpc) is 3.37. The summed E-state index contributed by atoms with van der Waals surface area (Å²) in [5.41, 5.74) is 3.81. The van der Waals surface area contributed by atoms with Gasteiger partial charge in [-0.25, -0.2) is 4.98 Å². The Kier molecular flexibility index (Phi) is 5.30. The van der Waals surface area contributed by atoms with Gasteiger partial charge in [0, 0.05) is 17.9 Å². The van der Waals surface area contributed by atoms with Crippen LogP contribution in [0.15, 0.2) is 42.5 Å². The summed E-state index contributed by atoms with van der Waals surface area (Å²) in [4.78, 5) is 17.4. The van der Waals surface area contributed by atoms with E-state index < -0.39 is 0 Å². The highest BCUT2D eigenvalue weighted by atomic mass is 32.1. The number of fused-ring (bicyclic) bond motifs is 2. The van der Waals surface area contributed by atoms with Gasteiger partial charge in [0.25, 0.3) is 0 Å². The van der Waals surface area contributed by atoms with E-state index in [2.05, 4.69) is 12.2 Å². The Labute approximate surface area is 190 Å². The first kappa shape index (κ1) is 20.5. The van der Waals surface area contributed by atoms with Crippen LogP contribution in [0.1, 0.15) is 42.5 Å². The van der Waals surface area contributed by atoms with E-state index in [-0.39, 0.29) is 11.8 Å². The van der Waals surface area contributed by atoms with Crippen molar-refractivity contribution in [3.05, 3.63) is 59.3 Å². The predicted molar refractivity (Wildman–Crippen MR) is 125 cm³/mol. The second-order valence-corrected chi connectivity index (χ2v) is 8.82. The van der Waals surface area contributed by atoms with Crippen molar-refractivity contribution < 1.29 is 14.3 Å². The van der Waals surface area contributed by atoms with Crippen LogP contribution in [0.25, 0.3) is 15.3 Å². The molecule has 7 nitrogen and oxygen atoms in total. The van der Waals surface area contributed by atoms with Crippen LogP contribution in [-0.2, 0) is 4.79 Å². The largest absolute Gasteiger partial charge is 0.497 e. The van der Waals surface area contributed by atoms with Crippen molar-refractivity contribution in [2.24, 2.45) is 0 Å². The third kappa shape index (κ3) is 3.60. The number of nitrogens with one attached hydrogen (secondary N) is 1. The van der Waals surface area contributed by atoms with Crippen molar-refractivity contribution in [2.45, 2.75) is 32.6 Å². The van der Waals surface area contributed by atoms with Gasteiger partial charge in [0.1, 0.15) is 17.3 Å². The summed E-state index contributed by atoms with van der Waals surface area (Å²) in [6.07, 6.45) is 1.31. The number of ether oxygens (including phenoxy) is 2. The topological polar surface area (TPSA) is 78.3 Å². The molecule has 0 spiro atoms. The van der Waals surface area contributed by atoms with E-state index in [4.69, 9.17) is 19.6 Å². The molecule has 1 aliphatic rings. The zero-order chi connectivity index (χ0) is 22.2. The fourth-order valence-corrected chi connectivity index (χ4v) is 5.07. The van der Waals surface area contributed by atoms with Gasteiger partial charge in [0.2, 0.25) is 11.0 Å². The second kappa shape index (κ2) is 8.27. The fraction of sp³-hybridized carbons (Fsp3) is 0.292. The van der Waals surface area contributed by atoms with E-state index in [1.165, 1.54) is 11.3 Å². The predicted octanol–water partition coefficient (Wildman–Crippen LogP) is 5.06. The van der Waals surface area contributed by atoms with Crippen molar-refractivity contribution in [1.82, 2.24) is 14.8 Å². The lowest BCUT2D eigenvalue weighted by Gasteiger charge is -2.24. The molecule has 0 saturated heterocycles. The zero-order valence-electron chi connectivity index (χ0n) is 18.2. The fourth-order valence-electron chi connectivity index (χ4n) is 4.12. The van der Waals surface area contributed by atoms with Crippen molar-refractivity contribution in [3.63, 3.8) is 0 Å². The third-order valence-electron chi connectivity index (χ3n) is 5.60. The zero-order valence-corrected chi connectivity index (χ0v) is 19.0. The van der Waals surface area contributed by atoms with Gasteiger partial charge in [-0.2, -0.15) is 9.78 Å². The first-order chi connectivity index (χ1) is 15.6. The number of carbonyl (C=O) groups is 1. The monoisotopic (exact) mass is 448 g/mol. The van der Waals surface area contributed by atoms with E-state index in [1.54, 1.807) is 11.8 Å². The van der Waals surface area contributed by atoms with Gasteiger partial charge in [-0.15, -0.1) is 0 Å². The van der Waals surface area contributed by atoms with Crippen LogP contribution in [0.5, 0.6) is 11.5 Å². The smallest absolute Gasteiger partial charge is 0.226 e. The van der Waals surface area contributed by atoms with Crippen molar-refractivity contribution in [3.8, 4) is 16.6 Å². The normalized spacial score (nSPS) is 15.5. The molecule has 32 heavy (non-hydrogen) atoms. The molecule has 0 fully saturated rings. The Morgan fingerprint density at radius 3 is 2.91 bits per heavy atom. The van der Waals surface area contributed by atoms with E-state index in [9.17, 15) is 4.79 Å². The number of aryl methyl sites for hydroxylation is 1. The van der Waals surface area contributed by atoms with Gasteiger partial charge in [-0.1, -0.05) is 30.4 Å². The summed E-state index contributed by atoms with van der Waals surface area (Å²) in [7, 11) is 1.65. The number of amides is 1. The van der Waals surface area contributed by atoms with Crippen molar-refractivity contribution in [1.29, 1.82) is 0 Å². The number of benzene rings is 2. The number of nitrogens with zero attached hydrogens (tertiary/aromatic N) is 3. The molecule has 2 aromatic carbocycles. The summed E-state index contributed by atoms with van der Waals surface area (Å²) < 4.78 is 13.9. The number of hydrogen-bond acceptors (Lipinski definition) is 6. The van der Waals surface area contributed by atoms with Gasteiger partial charge >= 0.3 is 0 Å². The summed E-state index contributed by atoms with van der Waals surface area (Å²) in [6.45, 7) is 4.73. The van der Waals surface area contributed by atoms with Gasteiger partial charge in [-0.05, 0) is 49.2 Å². The molecule has 4 aromatic rings. The maximum atomic E-state index is 12.7. The molecule has 1 amide bonds. The van der Waals surface area contributed by atoms with E-state index in [0.717, 1.165) is 45.0 Å². The summed E-state index contributed by atoms with van der Waals surface area (Å²) in [6, 6.07) is 13.8. The molecule has 0 radical (unpaired) electrons. The highest BCUT2D eigenvalue weighted by Crippen LogP contribution is 2.41. The Bertz CT molecular complexity index is 1310. The van der Waals surface area contributed by atoms with Crippen LogP contribution in [0, 0.1) is 6.92 Å². The Balaban J connectivity index is 1.58. The van der Waals surface area contributed by atoms with Crippen molar-refractivity contribution >= 4 is 33.3 Å². The Morgan fingerprint density at radius 1 is 1.22 bits per heavy atom. The molecule has 1 N–H and O–H groups in total. The Hall–Kier alpha value is -3.39. The number of rotatable bonds is 6. The summed E-state index contributed by atoms with van der Waals surface area (Å²) in [5.74, 6) is 2.17. The lowest BCUT2D eigenvalue weighted by atomic mass is 9.86. The number of carbonyl (C=O) groups excluding carboxylic acids is 1. The molecule has 0 aliphatic carbocycles. The highest BCUT2D eigenvalue weighted by Gasteiger charge is 2.33. The first-order valence-corrected chi connectivity index (χ1v) is 11.5. The minimum atomic E-state index is -0.0906. The van der Waals surface area contributed by atoms with Crippen LogP contribution in [0.4, 0.5) is 5.82 Å². The van der Waals surface area contributed by atoms with E-state index >= 15 is 0 Å². The van der Waals surface area contributed by atoms with Crippen LogP contribution in [0.3, 0.4) is 0 Å². The molecule has 1 atom stereocenters. The van der Waals surface area contributed by atoms with Crippen LogP contribution >= 0.6 is 11.3 Å². The second-order valence-electron chi connectivity index (χ2n) is 7.82. The first-order valence-electron chi connectivity index (χ1n) is 10.6. The standard InChI is InChI=1S/C24H24N4O3S/c1-4-10-31-17-7-5-6-15(11-17)18-13-21(29)26-23-22(18)14(2)27-28(23)24-25-19-9-8-16(30-3)12-20(19)32-24/h5-9,11-12,18H,4,10,13H2,1-3H3,(H,26,29)/t18-/m0/s1. The average molecular weight is 449 g/mol. The number of thiazole rings is 1. The molecule has 1 aliphatic heterocycles. The number of aromatic nitrogens is 3. The molecule has 5 rings (SSSR count). The highest BCUT2D eigenvalue weighted by molar-refractivity contribution is 7.20. The molecular formula is C24H24N4O3S. The van der Waals surface area contributed by atoms with Gasteiger partial charge in [-0.3, -0.25) is 4.79 Å². The van der Waals surface area contributed by atoms with E-state index in [0.29, 0.717) is 24.0 Å². The molecule has 0 saturated carbocycles. The molecule has 0 bridgehead atoms. The van der Waals surface area contributed by atoms with Crippen LogP contribution < -0.4 is 14.8 Å². The Morgan fingerprint density at radius 2 is 2.09 bits per heavy atom. The summed E-state index contributed by atoms with van der Waals surface area (Å²) >= 11 is 1.51. The molecule has 8 heteroatoms. The van der Waals surface area contributed by atoms with Crippen LogP contribution in [-0.4, -0.2) is 34.4 Å². The number of hydrogen-bond donors (Lipinski definition) is 1. The lowest BCUT2D eigenvalue weighted by molar-refractivity contribution is -0.116. The maximum absolute atomic E-state index is 12.7. The third-order valence-corrected chi connectivity index (χ3v) is 6.60. The van der Waals surface area contributed by atoms with Gasteiger partial charge in [0.15, 0.2) is 0 Å². The van der Waals surface area contributed by atoms with E-state index in [1.807, 2.05) is 49.4 Å². The SMILES string of the molecule is CCCOc1cccc([C@@H]2CC(=O)Nc3c2c(C)nn3-c2nc3ccc(OC)cc3s2)c1. The number of anilines is 1. The minimum absolute atomic E-state index is 0.0358.